The van der Waals surface area contributed by atoms with Crippen LogP contribution in [-0.4, -0.2) is 39.6 Å². The smallest absolute Gasteiger partial charge is 0.270 e. The Labute approximate surface area is 149 Å². The van der Waals surface area contributed by atoms with Crippen molar-refractivity contribution < 1.29 is 9.72 Å². The molecule has 0 fully saturated rings. The van der Waals surface area contributed by atoms with Gasteiger partial charge >= 0.3 is 0 Å². The van der Waals surface area contributed by atoms with Crippen LogP contribution in [0.25, 0.3) is 0 Å². The summed E-state index contributed by atoms with van der Waals surface area (Å²) in [4.78, 5) is 29.5. The summed E-state index contributed by atoms with van der Waals surface area (Å²) in [5.74, 6) is 0.751. The van der Waals surface area contributed by atoms with Crippen LogP contribution in [0.1, 0.15) is 15.9 Å². The third-order valence-corrected chi connectivity index (χ3v) is 4.80. The summed E-state index contributed by atoms with van der Waals surface area (Å²) in [7, 11) is 0. The number of non-ortho nitro benzene ring substituents is 1. The number of nitro groups is 1. The van der Waals surface area contributed by atoms with E-state index in [9.17, 15) is 14.9 Å². The number of benzene rings is 2. The van der Waals surface area contributed by atoms with Crippen LogP contribution in [0.5, 0.6) is 0 Å². The first-order valence-corrected chi connectivity index (χ1v) is 8.86. The van der Waals surface area contributed by atoms with Crippen LogP contribution in [0.2, 0.25) is 0 Å². The number of aliphatic imine (C=N–C) groups is 1. The van der Waals surface area contributed by atoms with Gasteiger partial charge in [-0.2, -0.15) is 0 Å². The van der Waals surface area contributed by atoms with Crippen molar-refractivity contribution in [2.75, 3.05) is 18.8 Å². The second kappa shape index (κ2) is 7.94. The first-order valence-electron chi connectivity index (χ1n) is 7.87. The Hall–Kier alpha value is -2.67. The summed E-state index contributed by atoms with van der Waals surface area (Å²) in [5.41, 5.74) is 1.36. The first kappa shape index (κ1) is 17.2. The number of nitrogens with zero attached hydrogens (tertiary/aromatic N) is 3. The van der Waals surface area contributed by atoms with Gasteiger partial charge in [0.1, 0.15) is 0 Å². The summed E-state index contributed by atoms with van der Waals surface area (Å²) in [6, 6.07) is 15.7. The zero-order valence-electron chi connectivity index (χ0n) is 13.5. The molecule has 0 radical (unpaired) electrons. The van der Waals surface area contributed by atoms with Crippen LogP contribution < -0.4 is 0 Å². The summed E-state index contributed by atoms with van der Waals surface area (Å²) in [6.45, 7) is 1.46. The largest absolute Gasteiger partial charge is 0.339 e. The van der Waals surface area contributed by atoms with Crippen molar-refractivity contribution in [2.45, 2.75) is 6.54 Å². The van der Waals surface area contributed by atoms with Gasteiger partial charge in [-0.1, -0.05) is 54.2 Å². The van der Waals surface area contributed by atoms with Gasteiger partial charge in [0.2, 0.25) is 0 Å². The number of nitro benzene ring substituents is 1. The Kier molecular flexibility index (Phi) is 5.45. The molecule has 1 heterocycles. The SMILES string of the molecule is O=C(CN(Cc1ccccc1)C1=NCCS1)c1cccc([N+](=O)[O-])c1. The zero-order valence-corrected chi connectivity index (χ0v) is 14.3. The lowest BCUT2D eigenvalue weighted by Gasteiger charge is -2.23. The lowest BCUT2D eigenvalue weighted by molar-refractivity contribution is -0.384. The van der Waals surface area contributed by atoms with Crippen LogP contribution in [0.15, 0.2) is 59.6 Å². The second-order valence-corrected chi connectivity index (χ2v) is 6.65. The molecule has 0 saturated carbocycles. The predicted molar refractivity (Wildman–Crippen MR) is 99.0 cm³/mol. The van der Waals surface area contributed by atoms with E-state index < -0.39 is 4.92 Å². The van der Waals surface area contributed by atoms with Gasteiger partial charge in [-0.15, -0.1) is 0 Å². The number of amidine groups is 1. The Morgan fingerprint density at radius 3 is 2.68 bits per heavy atom. The molecule has 1 aliphatic rings. The van der Waals surface area contributed by atoms with E-state index in [1.807, 2.05) is 35.2 Å². The van der Waals surface area contributed by atoms with Gasteiger partial charge in [-0.05, 0) is 5.56 Å². The van der Waals surface area contributed by atoms with Crippen LogP contribution in [0.4, 0.5) is 5.69 Å². The molecular formula is C18H17N3O3S. The molecule has 1 aliphatic heterocycles. The van der Waals surface area contributed by atoms with E-state index in [0.717, 1.165) is 23.0 Å². The van der Waals surface area contributed by atoms with E-state index in [1.165, 1.54) is 18.2 Å². The van der Waals surface area contributed by atoms with Crippen molar-refractivity contribution in [3.8, 4) is 0 Å². The molecule has 7 heteroatoms. The van der Waals surface area contributed by atoms with E-state index >= 15 is 0 Å². The van der Waals surface area contributed by atoms with E-state index in [0.29, 0.717) is 12.1 Å². The molecule has 6 nitrogen and oxygen atoms in total. The number of ketones is 1. The maximum absolute atomic E-state index is 12.6. The van der Waals surface area contributed by atoms with E-state index in [1.54, 1.807) is 17.8 Å². The van der Waals surface area contributed by atoms with Gasteiger partial charge in [0, 0.05) is 30.0 Å². The highest BCUT2D eigenvalue weighted by atomic mass is 32.2. The van der Waals surface area contributed by atoms with Gasteiger partial charge < -0.3 is 4.90 Å². The summed E-state index contributed by atoms with van der Waals surface area (Å²) in [6.07, 6.45) is 0. The molecule has 128 valence electrons. The fourth-order valence-corrected chi connectivity index (χ4v) is 3.43. The number of hydrogen-bond donors (Lipinski definition) is 0. The lowest BCUT2D eigenvalue weighted by Crippen LogP contribution is -2.33. The average Bonchev–Trinajstić information content (AvgIpc) is 3.17. The third kappa shape index (κ3) is 4.45. The van der Waals surface area contributed by atoms with Crippen molar-refractivity contribution in [1.82, 2.24) is 4.90 Å². The maximum atomic E-state index is 12.6. The van der Waals surface area contributed by atoms with Gasteiger partial charge in [0.15, 0.2) is 11.0 Å². The number of Topliss-reactive ketones (excluding diaryl/α,β-unsaturated/α-hetero) is 1. The van der Waals surface area contributed by atoms with Crippen LogP contribution >= 0.6 is 11.8 Å². The van der Waals surface area contributed by atoms with E-state index in [-0.39, 0.29) is 18.0 Å². The minimum absolute atomic E-state index is 0.0759. The minimum Gasteiger partial charge on any atom is -0.339 e. The Balaban J connectivity index is 1.78. The number of carbonyl (C=O) groups excluding carboxylic acids is 1. The quantitative estimate of drug-likeness (QED) is 0.451. The van der Waals surface area contributed by atoms with Crippen LogP contribution in [-0.2, 0) is 6.54 Å². The van der Waals surface area contributed by atoms with Crippen molar-refractivity contribution in [3.63, 3.8) is 0 Å². The molecule has 0 aliphatic carbocycles. The van der Waals surface area contributed by atoms with E-state index in [2.05, 4.69) is 4.99 Å². The first-order chi connectivity index (χ1) is 12.1. The number of rotatable bonds is 6. The molecule has 3 rings (SSSR count). The highest BCUT2D eigenvalue weighted by Gasteiger charge is 2.21. The molecule has 0 spiro atoms. The highest BCUT2D eigenvalue weighted by Crippen LogP contribution is 2.20. The van der Waals surface area contributed by atoms with Crippen molar-refractivity contribution in [2.24, 2.45) is 4.99 Å². The molecule has 0 unspecified atom stereocenters. The normalized spacial score (nSPS) is 13.4. The van der Waals surface area contributed by atoms with Crippen molar-refractivity contribution >= 4 is 28.4 Å². The molecule has 25 heavy (non-hydrogen) atoms. The van der Waals surface area contributed by atoms with Gasteiger partial charge in [0.05, 0.1) is 18.0 Å². The second-order valence-electron chi connectivity index (χ2n) is 5.59. The van der Waals surface area contributed by atoms with Crippen molar-refractivity contribution in [3.05, 3.63) is 75.8 Å². The molecule has 2 aromatic rings. The molecule has 0 atom stereocenters. The van der Waals surface area contributed by atoms with Crippen LogP contribution in [0.3, 0.4) is 0 Å². The predicted octanol–water partition coefficient (Wildman–Crippen LogP) is 3.38. The molecule has 0 saturated heterocycles. The van der Waals surface area contributed by atoms with Gasteiger partial charge in [-0.3, -0.25) is 19.9 Å². The minimum atomic E-state index is -0.491. The van der Waals surface area contributed by atoms with Crippen molar-refractivity contribution in [1.29, 1.82) is 0 Å². The van der Waals surface area contributed by atoms with Gasteiger partial charge in [-0.25, -0.2) is 0 Å². The fourth-order valence-electron chi connectivity index (χ4n) is 2.57. The molecule has 0 bridgehead atoms. The Bertz CT molecular complexity index is 808. The number of hydrogen-bond acceptors (Lipinski definition) is 6. The molecule has 0 N–H and O–H groups in total. The number of carbonyl (C=O) groups is 1. The topological polar surface area (TPSA) is 75.8 Å². The van der Waals surface area contributed by atoms with E-state index in [4.69, 9.17) is 0 Å². The van der Waals surface area contributed by atoms with Gasteiger partial charge in [0.25, 0.3) is 5.69 Å². The molecule has 0 aromatic heterocycles. The maximum Gasteiger partial charge on any atom is 0.270 e. The molecular weight excluding hydrogens is 338 g/mol. The molecule has 0 amide bonds. The summed E-state index contributed by atoms with van der Waals surface area (Å²) >= 11 is 1.63. The highest BCUT2D eigenvalue weighted by molar-refractivity contribution is 8.14. The van der Waals surface area contributed by atoms with Crippen LogP contribution in [0, 0.1) is 10.1 Å². The zero-order chi connectivity index (χ0) is 17.6. The number of thioether (sulfide) groups is 1. The average molecular weight is 355 g/mol. The monoisotopic (exact) mass is 355 g/mol. The lowest BCUT2D eigenvalue weighted by atomic mass is 10.1. The Morgan fingerprint density at radius 2 is 2.00 bits per heavy atom. The summed E-state index contributed by atoms with van der Waals surface area (Å²) in [5, 5.41) is 11.8. The Morgan fingerprint density at radius 1 is 1.20 bits per heavy atom. The molecule has 2 aromatic carbocycles. The summed E-state index contributed by atoms with van der Waals surface area (Å²) < 4.78 is 0. The third-order valence-electron chi connectivity index (χ3n) is 3.77. The standard InChI is InChI=1S/C18H17N3O3S/c22-17(15-7-4-8-16(11-15)21(23)24)13-20(18-19-9-10-25-18)12-14-5-2-1-3-6-14/h1-8,11H,9-10,12-13H2. The fraction of sp³-hybridized carbons (Fsp3) is 0.222.